The van der Waals surface area contributed by atoms with Gasteiger partial charge in [0.2, 0.25) is 0 Å². The van der Waals surface area contributed by atoms with Crippen LogP contribution >= 0.6 is 0 Å². The number of nitrogens with one attached hydrogen (secondary N) is 1. The summed E-state index contributed by atoms with van der Waals surface area (Å²) in [7, 11) is 3.66. The molecule has 4 rings (SSSR count). The van der Waals surface area contributed by atoms with E-state index in [-0.39, 0.29) is 5.91 Å². The molecule has 1 atom stereocenters. The first-order valence-electron chi connectivity index (χ1n) is 9.21. The number of hydrogen-bond donors (Lipinski definition) is 1. The Morgan fingerprint density at radius 2 is 2.15 bits per heavy atom. The Kier molecular flexibility index (Phi) is 4.51. The van der Waals surface area contributed by atoms with Gasteiger partial charge in [-0.15, -0.1) is 0 Å². The third kappa shape index (κ3) is 3.01. The van der Waals surface area contributed by atoms with Crippen LogP contribution in [-0.4, -0.2) is 38.4 Å². The molecule has 0 aromatic carbocycles. The summed E-state index contributed by atoms with van der Waals surface area (Å²) in [4.78, 5) is 19.3. The molecule has 3 aromatic rings. The van der Waals surface area contributed by atoms with E-state index in [1.54, 1.807) is 7.05 Å². The van der Waals surface area contributed by atoms with Gasteiger partial charge in [-0.05, 0) is 43.7 Å². The first-order valence-corrected chi connectivity index (χ1v) is 9.21. The van der Waals surface area contributed by atoms with E-state index >= 15 is 0 Å². The Morgan fingerprint density at radius 1 is 1.27 bits per heavy atom. The highest BCUT2D eigenvalue weighted by Crippen LogP contribution is 2.32. The van der Waals surface area contributed by atoms with E-state index in [1.807, 2.05) is 42.1 Å². The first-order chi connectivity index (χ1) is 12.7. The maximum atomic E-state index is 12.0. The molecule has 1 saturated heterocycles. The van der Waals surface area contributed by atoms with Crippen molar-refractivity contribution in [2.24, 2.45) is 7.05 Å². The first kappa shape index (κ1) is 16.8. The molecule has 0 unspecified atom stereocenters. The zero-order valence-corrected chi connectivity index (χ0v) is 15.4. The largest absolute Gasteiger partial charge is 0.354 e. The van der Waals surface area contributed by atoms with Crippen molar-refractivity contribution in [3.8, 4) is 0 Å². The van der Waals surface area contributed by atoms with Crippen LogP contribution in [0.2, 0.25) is 0 Å². The molecule has 1 fully saturated rings. The lowest BCUT2D eigenvalue weighted by Crippen LogP contribution is -2.34. The molecule has 3 aromatic heterocycles. The number of aromatic nitrogens is 3. The fraction of sp³-hybridized carbons (Fsp3) is 0.400. The maximum absolute atomic E-state index is 12.0. The normalized spacial score (nSPS) is 18.3. The summed E-state index contributed by atoms with van der Waals surface area (Å²) in [5.74, 6) is -0.0403. The van der Waals surface area contributed by atoms with Crippen molar-refractivity contribution in [1.29, 1.82) is 0 Å². The van der Waals surface area contributed by atoms with Gasteiger partial charge in [-0.25, -0.2) is 4.98 Å². The molecule has 26 heavy (non-hydrogen) atoms. The standard InChI is InChI=1S/C20H25N5O/c1-21-20(26)18-10-9-16(23(18)2)17-7-3-5-11-24(17)13-15-14-25-12-6-4-8-19(25)22-15/h4,6,8-10,12,14,17H,3,5,7,11,13H2,1-2H3,(H,21,26)/t17-/m0/s1. The molecule has 0 saturated carbocycles. The smallest absolute Gasteiger partial charge is 0.267 e. The van der Waals surface area contributed by atoms with Crippen LogP contribution in [0.25, 0.3) is 5.65 Å². The molecule has 4 heterocycles. The zero-order chi connectivity index (χ0) is 18.1. The van der Waals surface area contributed by atoms with Crippen LogP contribution in [0.1, 0.15) is 47.2 Å². The lowest BCUT2D eigenvalue weighted by Gasteiger charge is -2.35. The lowest BCUT2D eigenvalue weighted by atomic mass is 9.99. The second kappa shape index (κ2) is 6.96. The van der Waals surface area contributed by atoms with Crippen LogP contribution in [0.15, 0.2) is 42.7 Å². The number of pyridine rings is 1. The summed E-state index contributed by atoms with van der Waals surface area (Å²) in [6.07, 6.45) is 7.68. The predicted octanol–water partition coefficient (Wildman–Crippen LogP) is 2.76. The number of amides is 1. The van der Waals surface area contributed by atoms with Gasteiger partial charge in [0.15, 0.2) is 0 Å². The Labute approximate surface area is 153 Å². The van der Waals surface area contributed by atoms with Gasteiger partial charge in [0.1, 0.15) is 11.3 Å². The van der Waals surface area contributed by atoms with Crippen LogP contribution < -0.4 is 5.32 Å². The van der Waals surface area contributed by atoms with Crippen molar-refractivity contribution >= 4 is 11.6 Å². The number of nitrogens with zero attached hydrogens (tertiary/aromatic N) is 4. The fourth-order valence-corrected chi connectivity index (χ4v) is 4.00. The maximum Gasteiger partial charge on any atom is 0.267 e. The molecule has 0 aliphatic carbocycles. The van der Waals surface area contributed by atoms with Gasteiger partial charge in [-0.1, -0.05) is 12.5 Å². The summed E-state index contributed by atoms with van der Waals surface area (Å²) < 4.78 is 4.10. The minimum absolute atomic E-state index is 0.0403. The molecule has 1 amide bonds. The summed E-state index contributed by atoms with van der Waals surface area (Å²) in [5, 5.41) is 2.72. The van der Waals surface area contributed by atoms with E-state index in [2.05, 4.69) is 26.9 Å². The Bertz CT molecular complexity index is 892. The molecule has 6 nitrogen and oxygen atoms in total. The molecular formula is C20H25N5O. The minimum atomic E-state index is -0.0403. The van der Waals surface area contributed by atoms with Gasteiger partial charge in [0.25, 0.3) is 5.91 Å². The van der Waals surface area contributed by atoms with E-state index < -0.39 is 0 Å². The number of carbonyl (C=O) groups is 1. The van der Waals surface area contributed by atoms with Gasteiger partial charge < -0.3 is 14.3 Å². The van der Waals surface area contributed by atoms with Crippen LogP contribution in [0.3, 0.4) is 0 Å². The molecule has 1 N–H and O–H groups in total. The molecule has 0 bridgehead atoms. The van der Waals surface area contributed by atoms with E-state index in [4.69, 9.17) is 4.98 Å². The predicted molar refractivity (Wildman–Crippen MR) is 101 cm³/mol. The molecule has 1 aliphatic heterocycles. The average molecular weight is 351 g/mol. The highest BCUT2D eigenvalue weighted by molar-refractivity contribution is 5.92. The van der Waals surface area contributed by atoms with Gasteiger partial charge in [0, 0.05) is 38.7 Å². The topological polar surface area (TPSA) is 54.6 Å². The van der Waals surface area contributed by atoms with E-state index in [0.29, 0.717) is 11.7 Å². The van der Waals surface area contributed by atoms with E-state index in [1.165, 1.54) is 18.5 Å². The summed E-state index contributed by atoms with van der Waals surface area (Å²) in [6.45, 7) is 1.88. The second-order valence-corrected chi connectivity index (χ2v) is 6.96. The summed E-state index contributed by atoms with van der Waals surface area (Å²) in [6, 6.07) is 10.4. The van der Waals surface area contributed by atoms with Crippen LogP contribution in [-0.2, 0) is 13.6 Å². The molecular weight excluding hydrogens is 326 g/mol. The molecule has 0 radical (unpaired) electrons. The second-order valence-electron chi connectivity index (χ2n) is 6.96. The van der Waals surface area contributed by atoms with E-state index in [0.717, 1.165) is 30.9 Å². The van der Waals surface area contributed by atoms with Crippen molar-refractivity contribution in [3.05, 3.63) is 59.8 Å². The summed E-state index contributed by atoms with van der Waals surface area (Å²) >= 11 is 0. The molecule has 0 spiro atoms. The van der Waals surface area contributed by atoms with E-state index in [9.17, 15) is 4.79 Å². The number of hydrogen-bond acceptors (Lipinski definition) is 3. The number of piperidine rings is 1. The third-order valence-electron chi connectivity index (χ3n) is 5.35. The highest BCUT2D eigenvalue weighted by Gasteiger charge is 2.27. The van der Waals surface area contributed by atoms with Crippen LogP contribution in [0.4, 0.5) is 0 Å². The summed E-state index contributed by atoms with van der Waals surface area (Å²) in [5.41, 5.74) is 3.98. The van der Waals surface area contributed by atoms with Gasteiger partial charge >= 0.3 is 0 Å². The SMILES string of the molecule is CNC(=O)c1ccc([C@@H]2CCCCN2Cc2cn3ccccc3n2)n1C. The Hall–Kier alpha value is -2.60. The van der Waals surface area contributed by atoms with Crippen LogP contribution in [0.5, 0.6) is 0 Å². The lowest BCUT2D eigenvalue weighted by molar-refractivity contribution is 0.0952. The zero-order valence-electron chi connectivity index (χ0n) is 15.4. The quantitative estimate of drug-likeness (QED) is 0.786. The fourth-order valence-electron chi connectivity index (χ4n) is 4.00. The van der Waals surface area contributed by atoms with Crippen molar-refractivity contribution in [2.45, 2.75) is 31.8 Å². The number of imidazole rings is 1. The monoisotopic (exact) mass is 351 g/mol. The van der Waals surface area contributed by atoms with Gasteiger partial charge in [0.05, 0.1) is 11.7 Å². The third-order valence-corrected chi connectivity index (χ3v) is 5.35. The van der Waals surface area contributed by atoms with Crippen molar-refractivity contribution in [3.63, 3.8) is 0 Å². The Balaban J connectivity index is 1.60. The van der Waals surface area contributed by atoms with Gasteiger partial charge in [-0.2, -0.15) is 0 Å². The highest BCUT2D eigenvalue weighted by atomic mass is 16.1. The average Bonchev–Trinajstić information content (AvgIpc) is 3.24. The minimum Gasteiger partial charge on any atom is -0.354 e. The number of likely N-dealkylation sites (tertiary alicyclic amines) is 1. The molecule has 6 heteroatoms. The molecule has 1 aliphatic rings. The van der Waals surface area contributed by atoms with Crippen molar-refractivity contribution in [2.75, 3.05) is 13.6 Å². The Morgan fingerprint density at radius 3 is 2.96 bits per heavy atom. The van der Waals surface area contributed by atoms with Crippen LogP contribution in [0, 0.1) is 0 Å². The van der Waals surface area contributed by atoms with Gasteiger partial charge in [-0.3, -0.25) is 9.69 Å². The van der Waals surface area contributed by atoms with Crippen molar-refractivity contribution in [1.82, 2.24) is 24.2 Å². The number of carbonyl (C=O) groups excluding carboxylic acids is 1. The molecule has 136 valence electrons. The number of rotatable bonds is 4. The number of fused-ring (bicyclic) bond motifs is 1. The van der Waals surface area contributed by atoms with Crippen molar-refractivity contribution < 1.29 is 4.79 Å².